The first-order valence-electron chi connectivity index (χ1n) is 7.18. The molecular weight excluding hydrogens is 310 g/mol. The van der Waals surface area contributed by atoms with Crippen LogP contribution in [0.2, 0.25) is 0 Å². The maximum absolute atomic E-state index is 12.9. The first kappa shape index (κ1) is 15.6. The van der Waals surface area contributed by atoms with E-state index < -0.39 is 11.3 Å². The number of carbonyl (C=O) groups is 2. The van der Waals surface area contributed by atoms with Crippen molar-refractivity contribution in [2.24, 2.45) is 5.73 Å². The molecule has 7 heteroatoms. The van der Waals surface area contributed by atoms with Crippen molar-refractivity contribution in [3.63, 3.8) is 0 Å². The number of hydrogen-bond acceptors (Lipinski definition) is 6. The van der Waals surface area contributed by atoms with E-state index in [9.17, 15) is 14.9 Å². The normalized spacial score (nSPS) is 22.0. The summed E-state index contributed by atoms with van der Waals surface area (Å²) in [7, 11) is 1.49. The van der Waals surface area contributed by atoms with Gasteiger partial charge in [0.1, 0.15) is 28.6 Å². The molecule has 0 radical (unpaired) electrons. The zero-order chi connectivity index (χ0) is 17.6. The summed E-state index contributed by atoms with van der Waals surface area (Å²) in [6.45, 7) is 2.87. The zero-order valence-corrected chi connectivity index (χ0v) is 13.4. The maximum atomic E-state index is 12.9. The molecule has 3 N–H and O–H groups in total. The lowest BCUT2D eigenvalue weighted by atomic mass is 9.67. The topological polar surface area (TPSA) is 114 Å². The van der Waals surface area contributed by atoms with E-state index >= 15 is 0 Å². The number of nitrogens with two attached hydrogens (primary N) is 1. The Bertz CT molecular complexity index is 892. The molecule has 1 amide bonds. The highest BCUT2D eigenvalue weighted by Gasteiger charge is 2.58. The molecule has 1 spiro atoms. The highest BCUT2D eigenvalue weighted by atomic mass is 16.5. The lowest BCUT2D eigenvalue weighted by Gasteiger charge is -2.34. The second kappa shape index (κ2) is 5.13. The number of nitriles is 1. The van der Waals surface area contributed by atoms with E-state index in [-0.39, 0.29) is 28.6 Å². The van der Waals surface area contributed by atoms with E-state index in [2.05, 4.69) is 5.32 Å². The number of carbonyl (C=O) groups excluding carboxylic acids is 2. The number of hydrogen-bond donors (Lipinski definition) is 2. The van der Waals surface area contributed by atoms with Gasteiger partial charge in [0, 0.05) is 11.3 Å². The third-order valence-corrected chi connectivity index (χ3v) is 4.29. The summed E-state index contributed by atoms with van der Waals surface area (Å²) >= 11 is 0. The smallest absolute Gasteiger partial charge is 0.245 e. The van der Waals surface area contributed by atoms with E-state index in [1.807, 2.05) is 6.07 Å². The van der Waals surface area contributed by atoms with Crippen molar-refractivity contribution in [2.75, 3.05) is 12.4 Å². The maximum Gasteiger partial charge on any atom is 0.245 e. The molecule has 2 aliphatic rings. The number of allylic oxidation sites excluding steroid dienone is 1. The van der Waals surface area contributed by atoms with E-state index in [4.69, 9.17) is 15.2 Å². The molecule has 2 heterocycles. The Kier molecular flexibility index (Phi) is 3.34. The van der Waals surface area contributed by atoms with Crippen molar-refractivity contribution in [1.82, 2.24) is 0 Å². The summed E-state index contributed by atoms with van der Waals surface area (Å²) in [6.07, 6.45) is 0. The van der Waals surface area contributed by atoms with Crippen molar-refractivity contribution in [3.8, 4) is 11.8 Å². The molecule has 0 saturated carbocycles. The average molecular weight is 325 g/mol. The van der Waals surface area contributed by atoms with Crippen LogP contribution in [-0.4, -0.2) is 18.8 Å². The number of nitrogens with zero attached hydrogens (tertiary/aromatic N) is 1. The standard InChI is InChI=1S/C17H15N3O4/c1-8(21)14-9(2)24-15(19)12(7-18)17(14)11-6-10(23-3)4-5-13(11)20-16(17)22/h4-6H,19H2,1-3H3,(H,20,22). The second-order valence-corrected chi connectivity index (χ2v) is 5.56. The second-order valence-electron chi connectivity index (χ2n) is 5.56. The number of methoxy groups -OCH3 is 1. The molecule has 1 unspecified atom stereocenters. The number of ketones is 1. The molecule has 1 aromatic carbocycles. The van der Waals surface area contributed by atoms with Gasteiger partial charge in [-0.2, -0.15) is 5.26 Å². The molecule has 7 nitrogen and oxygen atoms in total. The van der Waals surface area contributed by atoms with Crippen LogP contribution < -0.4 is 15.8 Å². The molecule has 0 saturated heterocycles. The lowest BCUT2D eigenvalue weighted by molar-refractivity contribution is -0.122. The number of ether oxygens (including phenoxy) is 2. The SMILES string of the molecule is COc1ccc2c(c1)C1(C(=O)N2)C(C#N)=C(N)OC(C)=C1C(C)=O. The highest BCUT2D eigenvalue weighted by Crippen LogP contribution is 2.52. The number of nitrogens with one attached hydrogen (secondary N) is 1. The minimum Gasteiger partial charge on any atom is -0.497 e. The van der Waals surface area contributed by atoms with Crippen LogP contribution in [0.3, 0.4) is 0 Å². The van der Waals surface area contributed by atoms with Gasteiger partial charge in [-0.1, -0.05) is 0 Å². The van der Waals surface area contributed by atoms with Gasteiger partial charge in [0.05, 0.1) is 12.7 Å². The summed E-state index contributed by atoms with van der Waals surface area (Å²) < 4.78 is 10.6. The van der Waals surface area contributed by atoms with E-state index in [1.54, 1.807) is 25.1 Å². The third kappa shape index (κ3) is 1.77. The van der Waals surface area contributed by atoms with Crippen LogP contribution in [0.25, 0.3) is 0 Å². The van der Waals surface area contributed by atoms with Crippen molar-refractivity contribution in [3.05, 3.63) is 46.6 Å². The summed E-state index contributed by atoms with van der Waals surface area (Å²) in [5, 5.41) is 12.4. The number of fused-ring (bicyclic) bond motifs is 2. The predicted octanol–water partition coefficient (Wildman–Crippen LogP) is 1.47. The quantitative estimate of drug-likeness (QED) is 0.851. The lowest BCUT2D eigenvalue weighted by Crippen LogP contribution is -2.44. The van der Waals surface area contributed by atoms with Gasteiger partial charge in [-0.15, -0.1) is 0 Å². The van der Waals surface area contributed by atoms with Gasteiger partial charge in [-0.25, -0.2) is 0 Å². The Morgan fingerprint density at radius 3 is 2.75 bits per heavy atom. The molecule has 0 aliphatic carbocycles. The van der Waals surface area contributed by atoms with Gasteiger partial charge in [-0.3, -0.25) is 9.59 Å². The highest BCUT2D eigenvalue weighted by molar-refractivity contribution is 6.18. The van der Waals surface area contributed by atoms with Crippen LogP contribution in [0.15, 0.2) is 41.0 Å². The van der Waals surface area contributed by atoms with Crippen LogP contribution in [0.5, 0.6) is 5.75 Å². The Balaban J connectivity index is 2.46. The third-order valence-electron chi connectivity index (χ3n) is 4.29. The fourth-order valence-corrected chi connectivity index (χ4v) is 3.40. The molecule has 122 valence electrons. The van der Waals surface area contributed by atoms with Crippen molar-refractivity contribution in [1.29, 1.82) is 5.26 Å². The van der Waals surface area contributed by atoms with Gasteiger partial charge in [-0.05, 0) is 32.0 Å². The molecule has 2 aliphatic heterocycles. The zero-order valence-electron chi connectivity index (χ0n) is 13.4. The Morgan fingerprint density at radius 2 is 2.17 bits per heavy atom. The first-order valence-corrected chi connectivity index (χ1v) is 7.18. The number of Topliss-reactive ketones (excluding diaryl/α,β-unsaturated/α-hetero) is 1. The molecule has 3 rings (SSSR count). The van der Waals surface area contributed by atoms with Crippen LogP contribution >= 0.6 is 0 Å². The molecule has 0 aromatic heterocycles. The summed E-state index contributed by atoms with van der Waals surface area (Å²) in [4.78, 5) is 25.3. The number of amides is 1. The van der Waals surface area contributed by atoms with Gasteiger partial charge in [0.2, 0.25) is 11.8 Å². The van der Waals surface area contributed by atoms with E-state index in [0.717, 1.165) is 0 Å². The van der Waals surface area contributed by atoms with Crippen molar-refractivity contribution in [2.45, 2.75) is 19.3 Å². The van der Waals surface area contributed by atoms with Crippen molar-refractivity contribution < 1.29 is 19.1 Å². The number of rotatable bonds is 2. The first-order chi connectivity index (χ1) is 11.4. The van der Waals surface area contributed by atoms with Gasteiger partial charge in [0.25, 0.3) is 0 Å². The van der Waals surface area contributed by atoms with Crippen LogP contribution in [0.1, 0.15) is 19.4 Å². The Morgan fingerprint density at radius 1 is 1.46 bits per heavy atom. The van der Waals surface area contributed by atoms with Gasteiger partial charge >= 0.3 is 0 Å². The van der Waals surface area contributed by atoms with Crippen molar-refractivity contribution >= 4 is 17.4 Å². The predicted molar refractivity (Wildman–Crippen MR) is 84.6 cm³/mol. The monoisotopic (exact) mass is 325 g/mol. The average Bonchev–Trinajstić information content (AvgIpc) is 2.79. The molecule has 1 atom stereocenters. The summed E-state index contributed by atoms with van der Waals surface area (Å²) in [5.41, 5.74) is 5.16. The largest absolute Gasteiger partial charge is 0.497 e. The fraction of sp³-hybridized carbons (Fsp3) is 0.235. The summed E-state index contributed by atoms with van der Waals surface area (Å²) in [6, 6.07) is 6.91. The summed E-state index contributed by atoms with van der Waals surface area (Å²) in [5.74, 6) is -0.389. The molecule has 24 heavy (non-hydrogen) atoms. The molecular formula is C17H15N3O4. The van der Waals surface area contributed by atoms with E-state index in [1.165, 1.54) is 14.0 Å². The fourth-order valence-electron chi connectivity index (χ4n) is 3.40. The Hall–Kier alpha value is -3.27. The van der Waals surface area contributed by atoms with Gasteiger partial charge in [0.15, 0.2) is 5.78 Å². The van der Waals surface area contributed by atoms with E-state index in [0.29, 0.717) is 17.0 Å². The molecule has 0 fully saturated rings. The molecule has 1 aromatic rings. The van der Waals surface area contributed by atoms with Gasteiger partial charge < -0.3 is 20.5 Å². The number of benzene rings is 1. The minimum atomic E-state index is -1.63. The molecule has 0 bridgehead atoms. The Labute approximate surface area is 138 Å². The number of anilines is 1. The van der Waals surface area contributed by atoms with Crippen LogP contribution in [-0.2, 0) is 19.7 Å². The minimum absolute atomic E-state index is 0.0951. The van der Waals surface area contributed by atoms with Crippen LogP contribution in [0.4, 0.5) is 5.69 Å². The van der Waals surface area contributed by atoms with Crippen LogP contribution in [0, 0.1) is 11.3 Å².